The topological polar surface area (TPSA) is 75.3 Å². The number of sulfone groups is 1. The lowest BCUT2D eigenvalue weighted by atomic mass is 9.81. The minimum Gasteiger partial charge on any atom is -0.354 e. The van der Waals surface area contributed by atoms with E-state index in [1.165, 1.54) is 0 Å². The van der Waals surface area contributed by atoms with Gasteiger partial charge < -0.3 is 10.6 Å². The second-order valence-electron chi connectivity index (χ2n) is 6.99. The summed E-state index contributed by atoms with van der Waals surface area (Å²) in [6.07, 6.45) is -1.68. The van der Waals surface area contributed by atoms with E-state index in [0.29, 0.717) is 25.9 Å². The molecule has 140 valence electrons. The molecule has 9 heteroatoms. The number of nitrogens with one attached hydrogen (secondary N) is 2. The summed E-state index contributed by atoms with van der Waals surface area (Å²) >= 11 is 0. The molecule has 2 aliphatic rings. The van der Waals surface area contributed by atoms with Crippen LogP contribution in [0.15, 0.2) is 0 Å². The van der Waals surface area contributed by atoms with Gasteiger partial charge >= 0.3 is 6.18 Å². The SMILES string of the molecule is CS(=O)(=O)C1(C(=O)NCC2CCC(C(F)(F)F)CC2)CCNCC1. The summed E-state index contributed by atoms with van der Waals surface area (Å²) in [4.78, 5) is 12.5. The average Bonchev–Trinajstić information content (AvgIpc) is 2.51. The van der Waals surface area contributed by atoms with E-state index in [2.05, 4.69) is 10.6 Å². The number of carbonyl (C=O) groups excluding carboxylic acids is 1. The van der Waals surface area contributed by atoms with Crippen LogP contribution < -0.4 is 10.6 Å². The van der Waals surface area contributed by atoms with Gasteiger partial charge in [-0.2, -0.15) is 13.2 Å². The fraction of sp³-hybridized carbons (Fsp3) is 0.933. The van der Waals surface area contributed by atoms with Crippen LogP contribution in [0.4, 0.5) is 13.2 Å². The van der Waals surface area contributed by atoms with Gasteiger partial charge in [0.15, 0.2) is 14.6 Å². The number of halogens is 3. The molecule has 1 aliphatic heterocycles. The Morgan fingerprint density at radius 1 is 1.17 bits per heavy atom. The van der Waals surface area contributed by atoms with Gasteiger partial charge in [0.05, 0.1) is 5.92 Å². The van der Waals surface area contributed by atoms with Crippen molar-refractivity contribution in [3.8, 4) is 0 Å². The minimum atomic E-state index is -4.15. The summed E-state index contributed by atoms with van der Waals surface area (Å²) in [7, 11) is -3.57. The van der Waals surface area contributed by atoms with Gasteiger partial charge in [-0.3, -0.25) is 4.79 Å². The van der Waals surface area contributed by atoms with Crippen molar-refractivity contribution in [1.29, 1.82) is 0 Å². The average molecular weight is 370 g/mol. The van der Waals surface area contributed by atoms with Gasteiger partial charge in [0.25, 0.3) is 0 Å². The first-order chi connectivity index (χ1) is 11.1. The molecule has 0 spiro atoms. The lowest BCUT2D eigenvalue weighted by Crippen LogP contribution is -2.57. The molecule has 0 aromatic rings. The van der Waals surface area contributed by atoms with Crippen molar-refractivity contribution < 1.29 is 26.4 Å². The molecule has 24 heavy (non-hydrogen) atoms. The highest BCUT2D eigenvalue weighted by Gasteiger charge is 2.48. The fourth-order valence-electron chi connectivity index (χ4n) is 3.69. The standard InChI is InChI=1S/C15H25F3N2O3S/c1-24(22,23)14(6-8-19-9-7-14)13(21)20-10-11-2-4-12(5-3-11)15(16,17)18/h11-12,19H,2-10H2,1H3,(H,20,21). The highest BCUT2D eigenvalue weighted by atomic mass is 32.2. The second kappa shape index (κ2) is 7.19. The smallest absolute Gasteiger partial charge is 0.354 e. The monoisotopic (exact) mass is 370 g/mol. The van der Waals surface area contributed by atoms with Gasteiger partial charge in [-0.25, -0.2) is 8.42 Å². The molecule has 0 bridgehead atoms. The first-order valence-electron chi connectivity index (χ1n) is 8.31. The van der Waals surface area contributed by atoms with Crippen LogP contribution in [0.5, 0.6) is 0 Å². The Bertz CT molecular complexity index is 549. The zero-order valence-corrected chi connectivity index (χ0v) is 14.6. The van der Waals surface area contributed by atoms with Gasteiger partial charge in [0.2, 0.25) is 5.91 Å². The summed E-state index contributed by atoms with van der Waals surface area (Å²) in [5.74, 6) is -1.79. The zero-order chi connectivity index (χ0) is 18.0. The lowest BCUT2D eigenvalue weighted by molar-refractivity contribution is -0.183. The fourth-order valence-corrected chi connectivity index (χ4v) is 5.04. The summed E-state index contributed by atoms with van der Waals surface area (Å²) in [6.45, 7) is 1.16. The van der Waals surface area contributed by atoms with Gasteiger partial charge in [-0.1, -0.05) is 0 Å². The van der Waals surface area contributed by atoms with Crippen molar-refractivity contribution in [1.82, 2.24) is 10.6 Å². The number of rotatable bonds is 4. The summed E-state index contributed by atoms with van der Waals surface area (Å²) < 4.78 is 60.9. The number of piperidine rings is 1. The number of alkyl halides is 3. The zero-order valence-electron chi connectivity index (χ0n) is 13.8. The van der Waals surface area contributed by atoms with E-state index in [0.717, 1.165) is 6.26 Å². The molecular weight excluding hydrogens is 345 g/mol. The van der Waals surface area contributed by atoms with Crippen LogP contribution in [0.25, 0.3) is 0 Å². The van der Waals surface area contributed by atoms with Crippen molar-refractivity contribution in [3.05, 3.63) is 0 Å². The first kappa shape index (κ1) is 19.5. The Balaban J connectivity index is 1.91. The number of carbonyl (C=O) groups is 1. The van der Waals surface area contributed by atoms with Crippen LogP contribution in [0.2, 0.25) is 0 Å². The van der Waals surface area contributed by atoms with E-state index in [4.69, 9.17) is 0 Å². The molecule has 1 saturated heterocycles. The molecule has 0 aromatic carbocycles. The molecule has 1 saturated carbocycles. The van der Waals surface area contributed by atoms with Crippen molar-refractivity contribution in [2.45, 2.75) is 49.4 Å². The third-order valence-electron chi connectivity index (χ3n) is 5.40. The van der Waals surface area contributed by atoms with Crippen molar-refractivity contribution >= 4 is 15.7 Å². The Labute approximate surface area is 140 Å². The van der Waals surface area contributed by atoms with E-state index in [1.54, 1.807) is 0 Å². The predicted molar refractivity (Wildman–Crippen MR) is 84.2 cm³/mol. The molecular formula is C15H25F3N2O3S. The Morgan fingerprint density at radius 2 is 1.71 bits per heavy atom. The second-order valence-corrected chi connectivity index (χ2v) is 9.31. The summed E-state index contributed by atoms with van der Waals surface area (Å²) in [5.41, 5.74) is 0. The van der Waals surface area contributed by atoms with E-state index < -0.39 is 32.6 Å². The quantitative estimate of drug-likeness (QED) is 0.789. The Morgan fingerprint density at radius 3 is 2.17 bits per heavy atom. The molecule has 1 amide bonds. The molecule has 2 rings (SSSR count). The summed E-state index contributed by atoms with van der Waals surface area (Å²) in [6, 6.07) is 0. The van der Waals surface area contributed by atoms with E-state index in [9.17, 15) is 26.4 Å². The molecule has 0 atom stereocenters. The number of hydrogen-bond donors (Lipinski definition) is 2. The van der Waals surface area contributed by atoms with Gasteiger partial charge in [-0.15, -0.1) is 0 Å². The normalized spacial score (nSPS) is 28.3. The lowest BCUT2D eigenvalue weighted by Gasteiger charge is -2.35. The molecule has 0 aromatic heterocycles. The largest absolute Gasteiger partial charge is 0.391 e. The molecule has 0 radical (unpaired) electrons. The van der Waals surface area contributed by atoms with Crippen LogP contribution in [-0.2, 0) is 14.6 Å². The van der Waals surface area contributed by atoms with Crippen molar-refractivity contribution in [3.63, 3.8) is 0 Å². The van der Waals surface area contributed by atoms with E-state index in [-0.39, 0.29) is 38.1 Å². The Kier molecular flexibility index (Phi) is 5.84. The van der Waals surface area contributed by atoms with Crippen LogP contribution in [-0.4, -0.2) is 51.1 Å². The molecule has 1 aliphatic carbocycles. The first-order valence-corrected chi connectivity index (χ1v) is 10.2. The third kappa shape index (κ3) is 4.22. The highest BCUT2D eigenvalue weighted by molar-refractivity contribution is 7.92. The van der Waals surface area contributed by atoms with Gasteiger partial charge in [0, 0.05) is 12.8 Å². The van der Waals surface area contributed by atoms with Crippen molar-refractivity contribution in [2.24, 2.45) is 11.8 Å². The molecule has 5 nitrogen and oxygen atoms in total. The van der Waals surface area contributed by atoms with Crippen LogP contribution >= 0.6 is 0 Å². The number of amides is 1. The van der Waals surface area contributed by atoms with E-state index in [1.807, 2.05) is 0 Å². The maximum atomic E-state index is 12.7. The van der Waals surface area contributed by atoms with Gasteiger partial charge in [-0.05, 0) is 57.5 Å². The number of hydrogen-bond acceptors (Lipinski definition) is 4. The maximum Gasteiger partial charge on any atom is 0.391 e. The Hall–Kier alpha value is -0.830. The molecule has 2 fully saturated rings. The van der Waals surface area contributed by atoms with Crippen molar-refractivity contribution in [2.75, 3.05) is 25.9 Å². The molecule has 2 N–H and O–H groups in total. The predicted octanol–water partition coefficient (Wildman–Crippen LogP) is 1.64. The molecule has 0 unspecified atom stereocenters. The van der Waals surface area contributed by atoms with E-state index >= 15 is 0 Å². The van der Waals surface area contributed by atoms with Crippen LogP contribution in [0.1, 0.15) is 38.5 Å². The highest BCUT2D eigenvalue weighted by Crippen LogP contribution is 2.39. The van der Waals surface area contributed by atoms with Crippen LogP contribution in [0, 0.1) is 11.8 Å². The maximum absolute atomic E-state index is 12.7. The van der Waals surface area contributed by atoms with Gasteiger partial charge in [0.1, 0.15) is 0 Å². The minimum absolute atomic E-state index is 0.0223. The molecule has 1 heterocycles. The third-order valence-corrected chi connectivity index (χ3v) is 7.41. The summed E-state index contributed by atoms with van der Waals surface area (Å²) in [5, 5.41) is 5.74. The van der Waals surface area contributed by atoms with Crippen LogP contribution in [0.3, 0.4) is 0 Å².